The number of nitro groups is 3. The van der Waals surface area contributed by atoms with Crippen LogP contribution >= 0.6 is 11.6 Å². The zero-order valence-electron chi connectivity index (χ0n) is 15.0. The van der Waals surface area contributed by atoms with E-state index in [0.29, 0.717) is 28.5 Å². The lowest BCUT2D eigenvalue weighted by atomic mass is 10.2. The number of anilines is 3. The van der Waals surface area contributed by atoms with E-state index in [0.717, 1.165) is 0 Å². The molecule has 12 heteroatoms. The standard InChI is InChI=1S/C18H12ClN5O6/c19-12-6-8-14(9-7-12)21(13-4-2-1-3-5-13)20-18-16(23(27)28)10-15(22(25)26)11-17(18)24(29)30/h1-11,20H. The van der Waals surface area contributed by atoms with Gasteiger partial charge >= 0.3 is 11.4 Å². The Hall–Kier alpha value is -4.25. The molecule has 0 aliphatic carbocycles. The number of nitrogens with zero attached hydrogens (tertiary/aromatic N) is 4. The van der Waals surface area contributed by atoms with Crippen molar-refractivity contribution in [1.29, 1.82) is 0 Å². The van der Waals surface area contributed by atoms with E-state index in [4.69, 9.17) is 11.6 Å². The molecule has 0 fully saturated rings. The molecule has 30 heavy (non-hydrogen) atoms. The third-order valence-electron chi connectivity index (χ3n) is 4.01. The molecule has 0 aliphatic heterocycles. The highest BCUT2D eigenvalue weighted by Crippen LogP contribution is 2.40. The van der Waals surface area contributed by atoms with E-state index < -0.39 is 37.5 Å². The largest absolute Gasteiger partial charge is 0.308 e. The van der Waals surface area contributed by atoms with Crippen molar-refractivity contribution < 1.29 is 14.8 Å². The first-order valence-electron chi connectivity index (χ1n) is 8.26. The lowest BCUT2D eigenvalue weighted by Crippen LogP contribution is -2.25. The molecule has 3 aromatic rings. The summed E-state index contributed by atoms with van der Waals surface area (Å²) < 4.78 is 0. The van der Waals surface area contributed by atoms with Gasteiger partial charge in [-0.25, -0.2) is 0 Å². The van der Waals surface area contributed by atoms with Crippen LogP contribution in [0.25, 0.3) is 0 Å². The molecule has 0 spiro atoms. The van der Waals surface area contributed by atoms with Crippen molar-refractivity contribution >= 4 is 45.7 Å². The smallest absolute Gasteiger partial charge is 0.282 e. The Bertz CT molecular complexity index is 1090. The van der Waals surface area contributed by atoms with Crippen LogP contribution in [0.5, 0.6) is 0 Å². The van der Waals surface area contributed by atoms with Gasteiger partial charge in [0.15, 0.2) is 0 Å². The monoisotopic (exact) mass is 429 g/mol. The molecule has 3 aromatic carbocycles. The first-order chi connectivity index (χ1) is 14.3. The number of nitrogens with one attached hydrogen (secondary N) is 1. The highest BCUT2D eigenvalue weighted by Gasteiger charge is 2.32. The number of hydrogen-bond donors (Lipinski definition) is 1. The van der Waals surface area contributed by atoms with E-state index in [1.807, 2.05) is 0 Å². The summed E-state index contributed by atoms with van der Waals surface area (Å²) in [5.41, 5.74) is 0.748. The third kappa shape index (κ3) is 4.25. The molecule has 0 radical (unpaired) electrons. The first kappa shape index (κ1) is 20.5. The van der Waals surface area contributed by atoms with Crippen molar-refractivity contribution in [1.82, 2.24) is 0 Å². The summed E-state index contributed by atoms with van der Waals surface area (Å²) in [5.74, 6) is 0. The Kier molecular flexibility index (Phi) is 5.74. The minimum atomic E-state index is -0.933. The van der Waals surface area contributed by atoms with Gasteiger partial charge in [0.2, 0.25) is 5.69 Å². The Morgan fingerprint density at radius 2 is 1.23 bits per heavy atom. The molecule has 11 nitrogen and oxygen atoms in total. The molecular weight excluding hydrogens is 418 g/mol. The zero-order chi connectivity index (χ0) is 21.8. The SMILES string of the molecule is O=[N+]([O-])c1cc([N+](=O)[O-])c(NN(c2ccccc2)c2ccc(Cl)cc2)c([N+](=O)[O-])c1. The molecule has 0 saturated heterocycles. The molecule has 3 rings (SSSR count). The van der Waals surface area contributed by atoms with Crippen LogP contribution < -0.4 is 10.4 Å². The zero-order valence-corrected chi connectivity index (χ0v) is 15.7. The normalized spacial score (nSPS) is 10.3. The molecule has 0 saturated carbocycles. The van der Waals surface area contributed by atoms with Crippen molar-refractivity contribution in [3.8, 4) is 0 Å². The van der Waals surface area contributed by atoms with Crippen molar-refractivity contribution in [2.24, 2.45) is 0 Å². The highest BCUT2D eigenvalue weighted by molar-refractivity contribution is 6.30. The van der Waals surface area contributed by atoms with Crippen LogP contribution in [0.2, 0.25) is 5.02 Å². The summed E-state index contributed by atoms with van der Waals surface area (Å²) in [6.07, 6.45) is 0. The molecule has 0 atom stereocenters. The number of nitro benzene ring substituents is 3. The summed E-state index contributed by atoms with van der Waals surface area (Å²) in [6, 6.07) is 16.2. The Morgan fingerprint density at radius 3 is 1.70 bits per heavy atom. The fraction of sp³-hybridized carbons (Fsp3) is 0. The predicted octanol–water partition coefficient (Wildman–Crippen LogP) is 5.23. The number of para-hydroxylation sites is 1. The number of hydrazine groups is 1. The van der Waals surface area contributed by atoms with E-state index in [2.05, 4.69) is 5.43 Å². The van der Waals surface area contributed by atoms with E-state index >= 15 is 0 Å². The summed E-state index contributed by atoms with van der Waals surface area (Å²) in [5, 5.41) is 36.0. The maximum Gasteiger partial charge on any atom is 0.308 e. The second-order valence-corrected chi connectivity index (χ2v) is 6.33. The number of hydrogen-bond acceptors (Lipinski definition) is 8. The fourth-order valence-corrected chi connectivity index (χ4v) is 2.79. The van der Waals surface area contributed by atoms with Gasteiger partial charge in [-0.3, -0.25) is 40.8 Å². The van der Waals surface area contributed by atoms with Gasteiger partial charge in [0, 0.05) is 5.02 Å². The maximum absolute atomic E-state index is 11.6. The van der Waals surface area contributed by atoms with Gasteiger partial charge in [-0.05, 0) is 36.4 Å². The Morgan fingerprint density at radius 1 is 0.733 bits per heavy atom. The number of benzene rings is 3. The topological polar surface area (TPSA) is 145 Å². The van der Waals surface area contributed by atoms with Crippen LogP contribution in [-0.2, 0) is 0 Å². The van der Waals surface area contributed by atoms with Gasteiger partial charge in [0.1, 0.15) is 0 Å². The van der Waals surface area contributed by atoms with Gasteiger partial charge in [-0.2, -0.15) is 0 Å². The number of non-ortho nitro benzene ring substituents is 1. The van der Waals surface area contributed by atoms with E-state index in [1.165, 1.54) is 5.01 Å². The van der Waals surface area contributed by atoms with Gasteiger partial charge in [-0.15, -0.1) is 0 Å². The summed E-state index contributed by atoms with van der Waals surface area (Å²) in [4.78, 5) is 31.4. The van der Waals surface area contributed by atoms with E-state index in [1.54, 1.807) is 54.6 Å². The Balaban J connectivity index is 2.21. The van der Waals surface area contributed by atoms with Crippen molar-refractivity contribution in [3.05, 3.63) is 102 Å². The van der Waals surface area contributed by atoms with Crippen LogP contribution in [0.3, 0.4) is 0 Å². The number of halogens is 1. The molecular formula is C18H12ClN5O6. The highest BCUT2D eigenvalue weighted by atomic mass is 35.5. The summed E-state index contributed by atoms with van der Waals surface area (Å²) in [7, 11) is 0. The molecule has 0 amide bonds. The third-order valence-corrected chi connectivity index (χ3v) is 4.26. The van der Waals surface area contributed by atoms with Crippen LogP contribution in [0, 0.1) is 30.3 Å². The van der Waals surface area contributed by atoms with Crippen LogP contribution in [-0.4, -0.2) is 14.8 Å². The average molecular weight is 430 g/mol. The second-order valence-electron chi connectivity index (χ2n) is 5.89. The van der Waals surface area contributed by atoms with Gasteiger partial charge in [0.25, 0.3) is 5.69 Å². The van der Waals surface area contributed by atoms with E-state index in [-0.39, 0.29) is 0 Å². The molecule has 0 aromatic heterocycles. The van der Waals surface area contributed by atoms with Crippen molar-refractivity contribution in [2.45, 2.75) is 0 Å². The van der Waals surface area contributed by atoms with E-state index in [9.17, 15) is 30.3 Å². The van der Waals surface area contributed by atoms with Crippen LogP contribution in [0.1, 0.15) is 0 Å². The average Bonchev–Trinajstić information content (AvgIpc) is 2.72. The van der Waals surface area contributed by atoms with Crippen molar-refractivity contribution in [2.75, 3.05) is 10.4 Å². The van der Waals surface area contributed by atoms with Crippen molar-refractivity contribution in [3.63, 3.8) is 0 Å². The molecule has 0 unspecified atom stereocenters. The molecule has 0 bridgehead atoms. The molecule has 1 N–H and O–H groups in total. The molecule has 0 heterocycles. The van der Waals surface area contributed by atoms with Gasteiger partial charge < -0.3 is 0 Å². The lowest BCUT2D eigenvalue weighted by Gasteiger charge is -2.26. The lowest BCUT2D eigenvalue weighted by molar-refractivity contribution is -0.401. The molecule has 0 aliphatic rings. The predicted molar refractivity (Wildman–Crippen MR) is 110 cm³/mol. The second kappa shape index (κ2) is 8.41. The van der Waals surface area contributed by atoms with Gasteiger partial charge in [0.05, 0.1) is 38.3 Å². The summed E-state index contributed by atoms with van der Waals surface area (Å²) >= 11 is 5.92. The minimum Gasteiger partial charge on any atom is -0.282 e. The first-order valence-corrected chi connectivity index (χ1v) is 8.64. The quantitative estimate of drug-likeness (QED) is 0.397. The van der Waals surface area contributed by atoms with Crippen LogP contribution in [0.4, 0.5) is 34.1 Å². The van der Waals surface area contributed by atoms with Gasteiger partial charge in [-0.1, -0.05) is 29.8 Å². The van der Waals surface area contributed by atoms with Crippen LogP contribution in [0.15, 0.2) is 66.7 Å². The Labute approximate surface area is 173 Å². The maximum atomic E-state index is 11.6. The summed E-state index contributed by atoms with van der Waals surface area (Å²) in [6.45, 7) is 0. The molecule has 152 valence electrons. The fourth-order valence-electron chi connectivity index (χ4n) is 2.66. The number of rotatable bonds is 7. The minimum absolute atomic E-state index is 0.444.